The Hall–Kier alpha value is -3.27. The molecule has 1 aromatic carbocycles. The Bertz CT molecular complexity index is 1610. The van der Waals surface area contributed by atoms with Gasteiger partial charge in [0.1, 0.15) is 0 Å². The normalized spacial score (nSPS) is 14.4. The molecule has 10 heteroatoms. The van der Waals surface area contributed by atoms with Crippen molar-refractivity contribution in [2.45, 2.75) is 39.9 Å². The number of hydrogen-bond donors (Lipinski definition) is 1. The van der Waals surface area contributed by atoms with Gasteiger partial charge in [-0.1, -0.05) is 11.6 Å². The lowest BCUT2D eigenvalue weighted by molar-refractivity contribution is -0.130. The van der Waals surface area contributed by atoms with Gasteiger partial charge in [0, 0.05) is 73.1 Å². The van der Waals surface area contributed by atoms with Crippen molar-refractivity contribution in [3.8, 4) is 11.1 Å². The largest absolute Gasteiger partial charge is 0.337 e. The summed E-state index contributed by atoms with van der Waals surface area (Å²) in [5, 5.41) is 3.91. The first-order valence-corrected chi connectivity index (χ1v) is 13.5. The van der Waals surface area contributed by atoms with Gasteiger partial charge >= 0.3 is 5.69 Å². The number of rotatable bonds is 6. The van der Waals surface area contributed by atoms with E-state index in [9.17, 15) is 14.4 Å². The van der Waals surface area contributed by atoms with Crippen molar-refractivity contribution in [2.24, 2.45) is 0 Å². The Labute approximate surface area is 223 Å². The first kappa shape index (κ1) is 25.4. The summed E-state index contributed by atoms with van der Waals surface area (Å²) in [5.74, 6) is 0.134. The zero-order chi connectivity index (χ0) is 26.1. The number of carbonyl (C=O) groups excluding carboxylic acids is 1. The number of aryl methyl sites for hydroxylation is 2. The van der Waals surface area contributed by atoms with E-state index >= 15 is 0 Å². The number of hydrogen-bond acceptors (Lipinski definition) is 6. The fourth-order valence-corrected chi connectivity index (χ4v) is 6.18. The SMILES string of the molecule is CCn1ccc(=O)n(Cc2cc3nccc(-c4cc(Cl)cc(C)c4CN4CCNCCC4=O)c3s2)c1=O. The van der Waals surface area contributed by atoms with E-state index in [2.05, 4.69) is 10.3 Å². The summed E-state index contributed by atoms with van der Waals surface area (Å²) in [7, 11) is 0. The molecule has 4 aromatic rings. The third-order valence-corrected chi connectivity index (χ3v) is 8.12. The van der Waals surface area contributed by atoms with E-state index in [-0.39, 0.29) is 23.7 Å². The van der Waals surface area contributed by atoms with E-state index in [1.165, 1.54) is 32.7 Å². The van der Waals surface area contributed by atoms with Gasteiger partial charge in [0.15, 0.2) is 0 Å². The van der Waals surface area contributed by atoms with Crippen LogP contribution in [0.2, 0.25) is 5.02 Å². The van der Waals surface area contributed by atoms with Gasteiger partial charge in [-0.05, 0) is 54.8 Å². The highest BCUT2D eigenvalue weighted by Crippen LogP contribution is 2.38. The molecular weight excluding hydrogens is 510 g/mol. The molecule has 4 heterocycles. The Morgan fingerprint density at radius 3 is 2.73 bits per heavy atom. The number of pyridine rings is 1. The van der Waals surface area contributed by atoms with E-state index in [0.29, 0.717) is 37.6 Å². The van der Waals surface area contributed by atoms with Crippen molar-refractivity contribution in [1.82, 2.24) is 24.3 Å². The molecule has 0 unspecified atom stereocenters. The summed E-state index contributed by atoms with van der Waals surface area (Å²) in [4.78, 5) is 45.3. The van der Waals surface area contributed by atoms with Crippen LogP contribution in [0.15, 0.2) is 52.3 Å². The molecule has 1 amide bonds. The fraction of sp³-hybridized carbons (Fsp3) is 0.333. The first-order chi connectivity index (χ1) is 17.9. The minimum Gasteiger partial charge on any atom is -0.337 e. The molecule has 1 saturated heterocycles. The molecule has 5 rings (SSSR count). The van der Waals surface area contributed by atoms with Gasteiger partial charge in [-0.3, -0.25) is 19.1 Å². The fourth-order valence-electron chi connectivity index (χ4n) is 4.77. The maximum absolute atomic E-state index is 12.8. The second kappa shape index (κ2) is 10.6. The van der Waals surface area contributed by atoms with Crippen molar-refractivity contribution in [3.63, 3.8) is 0 Å². The van der Waals surface area contributed by atoms with Crippen molar-refractivity contribution in [1.29, 1.82) is 0 Å². The van der Waals surface area contributed by atoms with E-state index in [1.807, 2.05) is 43.0 Å². The number of nitrogens with zero attached hydrogens (tertiary/aromatic N) is 4. The van der Waals surface area contributed by atoms with Gasteiger partial charge in [0.2, 0.25) is 5.91 Å². The molecule has 3 aromatic heterocycles. The average molecular weight is 538 g/mol. The van der Waals surface area contributed by atoms with Crippen LogP contribution < -0.4 is 16.6 Å². The monoisotopic (exact) mass is 537 g/mol. The van der Waals surface area contributed by atoms with Crippen LogP contribution in [0.1, 0.15) is 29.3 Å². The van der Waals surface area contributed by atoms with Gasteiger partial charge < -0.3 is 14.8 Å². The summed E-state index contributed by atoms with van der Waals surface area (Å²) in [6, 6.07) is 9.18. The minimum absolute atomic E-state index is 0.134. The zero-order valence-electron chi connectivity index (χ0n) is 20.8. The molecule has 0 bridgehead atoms. The van der Waals surface area contributed by atoms with Crippen LogP contribution in [0.4, 0.5) is 0 Å². The van der Waals surface area contributed by atoms with E-state index < -0.39 is 0 Å². The highest BCUT2D eigenvalue weighted by Gasteiger charge is 2.21. The van der Waals surface area contributed by atoms with Crippen LogP contribution in [-0.2, 0) is 24.4 Å². The molecule has 1 fully saturated rings. The average Bonchev–Trinajstić information content (AvgIpc) is 3.18. The van der Waals surface area contributed by atoms with Crippen molar-refractivity contribution >= 4 is 39.1 Å². The van der Waals surface area contributed by atoms with Crippen LogP contribution in [0.25, 0.3) is 21.3 Å². The van der Waals surface area contributed by atoms with Crippen molar-refractivity contribution in [2.75, 3.05) is 19.6 Å². The molecule has 0 spiro atoms. The van der Waals surface area contributed by atoms with Crippen LogP contribution in [0, 0.1) is 6.92 Å². The van der Waals surface area contributed by atoms with E-state index in [0.717, 1.165) is 43.9 Å². The van der Waals surface area contributed by atoms with E-state index in [4.69, 9.17) is 11.6 Å². The topological polar surface area (TPSA) is 89.2 Å². The number of fused-ring (bicyclic) bond motifs is 1. The predicted molar refractivity (Wildman–Crippen MR) is 147 cm³/mol. The van der Waals surface area contributed by atoms with Crippen molar-refractivity contribution in [3.05, 3.63) is 84.6 Å². The number of carbonyl (C=O) groups is 1. The quantitative estimate of drug-likeness (QED) is 0.405. The lowest BCUT2D eigenvalue weighted by Gasteiger charge is -2.24. The summed E-state index contributed by atoms with van der Waals surface area (Å²) in [6.45, 7) is 7.15. The number of halogens is 1. The number of nitrogens with one attached hydrogen (secondary N) is 1. The second-order valence-corrected chi connectivity index (χ2v) is 10.7. The Morgan fingerprint density at radius 1 is 1.08 bits per heavy atom. The van der Waals surface area contributed by atoms with Gasteiger partial charge in [-0.2, -0.15) is 0 Å². The summed E-state index contributed by atoms with van der Waals surface area (Å²) in [5.41, 5.74) is 4.12. The highest BCUT2D eigenvalue weighted by atomic mass is 35.5. The molecule has 0 atom stereocenters. The standard InChI is InChI=1S/C27H28ClN5O3S/c1-3-31-10-6-25(35)33(27(31)36)15-19-14-23-26(37-19)20(4-8-30-23)21-13-18(28)12-17(2)22(21)16-32-11-9-29-7-5-24(32)34/h4,6,8,10,12-14,29H,3,5,7,9,11,15-16H2,1-2H3. The Balaban J connectivity index is 1.58. The Kier molecular flexibility index (Phi) is 7.28. The van der Waals surface area contributed by atoms with Gasteiger partial charge in [-0.25, -0.2) is 4.79 Å². The lowest BCUT2D eigenvalue weighted by Crippen LogP contribution is -2.38. The zero-order valence-corrected chi connectivity index (χ0v) is 22.4. The molecule has 192 valence electrons. The highest BCUT2D eigenvalue weighted by molar-refractivity contribution is 7.19. The van der Waals surface area contributed by atoms with Gasteiger partial charge in [0.25, 0.3) is 5.56 Å². The van der Waals surface area contributed by atoms with Gasteiger partial charge in [-0.15, -0.1) is 11.3 Å². The van der Waals surface area contributed by atoms with E-state index in [1.54, 1.807) is 6.20 Å². The number of amides is 1. The van der Waals surface area contributed by atoms with Crippen molar-refractivity contribution < 1.29 is 4.79 Å². The third-order valence-electron chi connectivity index (χ3n) is 6.76. The lowest BCUT2D eigenvalue weighted by atomic mass is 9.95. The molecule has 37 heavy (non-hydrogen) atoms. The predicted octanol–water partition coefficient (Wildman–Crippen LogP) is 3.64. The summed E-state index contributed by atoms with van der Waals surface area (Å²) >= 11 is 8.03. The Morgan fingerprint density at radius 2 is 1.92 bits per heavy atom. The van der Waals surface area contributed by atoms with Crippen LogP contribution >= 0.6 is 22.9 Å². The smallest absolute Gasteiger partial charge is 0.331 e. The maximum Gasteiger partial charge on any atom is 0.331 e. The number of thiophene rings is 1. The minimum atomic E-state index is -0.329. The summed E-state index contributed by atoms with van der Waals surface area (Å²) < 4.78 is 3.71. The van der Waals surface area contributed by atoms with Crippen LogP contribution in [-0.4, -0.2) is 44.6 Å². The molecule has 1 aliphatic heterocycles. The molecule has 0 saturated carbocycles. The molecule has 1 N–H and O–H groups in total. The number of benzene rings is 1. The molecule has 1 aliphatic rings. The third kappa shape index (κ3) is 5.12. The first-order valence-electron chi connectivity index (χ1n) is 12.3. The van der Waals surface area contributed by atoms with Crippen LogP contribution in [0.3, 0.4) is 0 Å². The molecule has 0 radical (unpaired) electrons. The summed E-state index contributed by atoms with van der Waals surface area (Å²) in [6.07, 6.45) is 3.77. The molecular formula is C27H28ClN5O3S. The molecule has 8 nitrogen and oxygen atoms in total. The van der Waals surface area contributed by atoms with Gasteiger partial charge in [0.05, 0.1) is 16.8 Å². The maximum atomic E-state index is 12.8. The second-order valence-electron chi connectivity index (χ2n) is 9.16. The number of aromatic nitrogens is 3. The van der Waals surface area contributed by atoms with Crippen LogP contribution in [0.5, 0.6) is 0 Å². The molecule has 0 aliphatic carbocycles.